The standard InChI is InChI=1S/C13H17NO2/c1-2-16-13(15)9-8-12(14)10-11-6-4-3-5-7-11/h3-9,12H,2,10,14H2,1H3/b9-8+/t12-/m0/s1. The molecule has 1 aromatic carbocycles. The van der Waals surface area contributed by atoms with E-state index in [0.29, 0.717) is 6.61 Å². The molecule has 0 aromatic heterocycles. The van der Waals surface area contributed by atoms with Crippen LogP contribution in [0.15, 0.2) is 42.5 Å². The molecule has 0 radical (unpaired) electrons. The molecule has 16 heavy (non-hydrogen) atoms. The Morgan fingerprint density at radius 1 is 1.44 bits per heavy atom. The molecular weight excluding hydrogens is 202 g/mol. The van der Waals surface area contributed by atoms with Crippen molar-refractivity contribution >= 4 is 5.97 Å². The lowest BCUT2D eigenvalue weighted by Crippen LogP contribution is -2.20. The van der Waals surface area contributed by atoms with Crippen molar-refractivity contribution in [2.45, 2.75) is 19.4 Å². The van der Waals surface area contributed by atoms with E-state index in [0.717, 1.165) is 12.0 Å². The molecule has 0 heterocycles. The molecule has 0 bridgehead atoms. The molecule has 0 fully saturated rings. The SMILES string of the molecule is CCOC(=O)/C=C/[C@H](N)Cc1ccccc1. The molecule has 1 atom stereocenters. The van der Waals surface area contributed by atoms with Gasteiger partial charge in [0.25, 0.3) is 0 Å². The highest BCUT2D eigenvalue weighted by Crippen LogP contribution is 2.02. The van der Waals surface area contributed by atoms with E-state index >= 15 is 0 Å². The van der Waals surface area contributed by atoms with E-state index in [-0.39, 0.29) is 12.0 Å². The Morgan fingerprint density at radius 2 is 2.12 bits per heavy atom. The molecule has 0 spiro atoms. The van der Waals surface area contributed by atoms with Crippen LogP contribution in [-0.2, 0) is 16.0 Å². The second-order valence-electron chi connectivity index (χ2n) is 3.46. The van der Waals surface area contributed by atoms with Crippen LogP contribution in [0.5, 0.6) is 0 Å². The number of esters is 1. The second kappa shape index (κ2) is 6.80. The third-order valence-corrected chi connectivity index (χ3v) is 2.08. The summed E-state index contributed by atoms with van der Waals surface area (Å²) in [5.41, 5.74) is 7.01. The smallest absolute Gasteiger partial charge is 0.330 e. The van der Waals surface area contributed by atoms with Crippen LogP contribution >= 0.6 is 0 Å². The summed E-state index contributed by atoms with van der Waals surface area (Å²) < 4.78 is 4.76. The Hall–Kier alpha value is -1.61. The summed E-state index contributed by atoms with van der Waals surface area (Å²) in [5.74, 6) is -0.342. The fraction of sp³-hybridized carbons (Fsp3) is 0.308. The lowest BCUT2D eigenvalue weighted by Gasteiger charge is -2.06. The van der Waals surface area contributed by atoms with Gasteiger partial charge in [0.05, 0.1) is 6.61 Å². The first-order valence-electron chi connectivity index (χ1n) is 5.37. The maximum Gasteiger partial charge on any atom is 0.330 e. The highest BCUT2D eigenvalue weighted by molar-refractivity contribution is 5.81. The zero-order valence-electron chi connectivity index (χ0n) is 9.43. The monoisotopic (exact) mass is 219 g/mol. The molecule has 0 amide bonds. The summed E-state index contributed by atoms with van der Waals surface area (Å²) in [6, 6.07) is 9.76. The lowest BCUT2D eigenvalue weighted by atomic mass is 10.1. The van der Waals surface area contributed by atoms with Gasteiger partial charge in [-0.2, -0.15) is 0 Å². The van der Waals surface area contributed by atoms with Crippen LogP contribution in [0.25, 0.3) is 0 Å². The van der Waals surface area contributed by atoms with Gasteiger partial charge in [-0.05, 0) is 18.9 Å². The van der Waals surface area contributed by atoms with E-state index < -0.39 is 0 Å². The molecule has 3 heteroatoms. The van der Waals surface area contributed by atoms with Crippen molar-refractivity contribution in [3.8, 4) is 0 Å². The molecule has 0 unspecified atom stereocenters. The van der Waals surface area contributed by atoms with Crippen molar-refractivity contribution in [3.63, 3.8) is 0 Å². The molecule has 1 rings (SSSR count). The molecule has 2 N–H and O–H groups in total. The minimum Gasteiger partial charge on any atom is -0.463 e. The molecule has 3 nitrogen and oxygen atoms in total. The summed E-state index contributed by atoms with van der Waals surface area (Å²) >= 11 is 0. The molecule has 86 valence electrons. The van der Waals surface area contributed by atoms with Gasteiger partial charge in [-0.25, -0.2) is 4.79 Å². The van der Waals surface area contributed by atoms with Crippen LogP contribution in [0.4, 0.5) is 0 Å². The van der Waals surface area contributed by atoms with Crippen LogP contribution in [0.1, 0.15) is 12.5 Å². The zero-order chi connectivity index (χ0) is 11.8. The Balaban J connectivity index is 2.41. The topological polar surface area (TPSA) is 52.3 Å². The summed E-state index contributed by atoms with van der Waals surface area (Å²) in [6.07, 6.45) is 3.78. The molecular formula is C13H17NO2. The largest absolute Gasteiger partial charge is 0.463 e. The van der Waals surface area contributed by atoms with E-state index in [4.69, 9.17) is 10.5 Å². The van der Waals surface area contributed by atoms with E-state index in [2.05, 4.69) is 0 Å². The first-order chi connectivity index (χ1) is 7.72. The van der Waals surface area contributed by atoms with Gasteiger partial charge in [-0.3, -0.25) is 0 Å². The maximum atomic E-state index is 11.0. The number of benzene rings is 1. The number of hydrogen-bond donors (Lipinski definition) is 1. The first-order valence-corrected chi connectivity index (χ1v) is 5.37. The van der Waals surface area contributed by atoms with Gasteiger partial charge >= 0.3 is 5.97 Å². The Kier molecular flexibility index (Phi) is 5.29. The second-order valence-corrected chi connectivity index (χ2v) is 3.46. The van der Waals surface area contributed by atoms with Gasteiger partial charge in [0, 0.05) is 12.1 Å². The quantitative estimate of drug-likeness (QED) is 0.605. The van der Waals surface area contributed by atoms with Gasteiger partial charge in [0.2, 0.25) is 0 Å². The minimum atomic E-state index is -0.342. The Labute approximate surface area is 95.9 Å². The maximum absolute atomic E-state index is 11.0. The third-order valence-electron chi connectivity index (χ3n) is 2.08. The van der Waals surface area contributed by atoms with E-state index in [1.807, 2.05) is 30.3 Å². The average Bonchev–Trinajstić information content (AvgIpc) is 2.28. The molecule has 0 saturated carbocycles. The van der Waals surface area contributed by atoms with Crippen molar-refractivity contribution in [1.29, 1.82) is 0 Å². The fourth-order valence-electron chi connectivity index (χ4n) is 1.35. The van der Waals surface area contributed by atoms with Crippen molar-refractivity contribution in [2.75, 3.05) is 6.61 Å². The molecule has 0 aliphatic carbocycles. The van der Waals surface area contributed by atoms with Crippen LogP contribution in [0, 0.1) is 0 Å². The third kappa shape index (κ3) is 4.75. The van der Waals surface area contributed by atoms with Crippen LogP contribution in [-0.4, -0.2) is 18.6 Å². The van der Waals surface area contributed by atoms with E-state index in [1.165, 1.54) is 6.08 Å². The number of rotatable bonds is 5. The van der Waals surface area contributed by atoms with E-state index in [9.17, 15) is 4.79 Å². The number of nitrogens with two attached hydrogens (primary N) is 1. The molecule has 0 saturated heterocycles. The lowest BCUT2D eigenvalue weighted by molar-refractivity contribution is -0.137. The Bertz CT molecular complexity index is 346. The van der Waals surface area contributed by atoms with Crippen molar-refractivity contribution in [3.05, 3.63) is 48.0 Å². The summed E-state index contributed by atoms with van der Waals surface area (Å²) in [4.78, 5) is 11.0. The van der Waals surface area contributed by atoms with Crippen molar-refractivity contribution in [1.82, 2.24) is 0 Å². The number of ether oxygens (including phenoxy) is 1. The summed E-state index contributed by atoms with van der Waals surface area (Å²) in [7, 11) is 0. The Morgan fingerprint density at radius 3 is 2.75 bits per heavy atom. The molecule has 0 aliphatic rings. The predicted molar refractivity (Wildman–Crippen MR) is 63.9 cm³/mol. The number of carbonyl (C=O) groups is 1. The molecule has 1 aromatic rings. The molecule has 0 aliphatic heterocycles. The van der Waals surface area contributed by atoms with Crippen molar-refractivity contribution < 1.29 is 9.53 Å². The zero-order valence-corrected chi connectivity index (χ0v) is 9.43. The van der Waals surface area contributed by atoms with Crippen molar-refractivity contribution in [2.24, 2.45) is 5.73 Å². The summed E-state index contributed by atoms with van der Waals surface area (Å²) in [5, 5.41) is 0. The normalized spacial score (nSPS) is 12.6. The average molecular weight is 219 g/mol. The van der Waals surface area contributed by atoms with Crippen LogP contribution in [0.2, 0.25) is 0 Å². The predicted octanol–water partition coefficient (Wildman–Crippen LogP) is 1.68. The van der Waals surface area contributed by atoms with Crippen LogP contribution in [0.3, 0.4) is 0 Å². The van der Waals surface area contributed by atoms with Crippen LogP contribution < -0.4 is 5.73 Å². The first kappa shape index (κ1) is 12.5. The highest BCUT2D eigenvalue weighted by Gasteiger charge is 2.01. The van der Waals surface area contributed by atoms with Gasteiger partial charge in [0.15, 0.2) is 0 Å². The van der Waals surface area contributed by atoms with Gasteiger partial charge in [0.1, 0.15) is 0 Å². The van der Waals surface area contributed by atoms with E-state index in [1.54, 1.807) is 13.0 Å². The van der Waals surface area contributed by atoms with Gasteiger partial charge in [-0.1, -0.05) is 36.4 Å². The van der Waals surface area contributed by atoms with Gasteiger partial charge in [-0.15, -0.1) is 0 Å². The highest BCUT2D eigenvalue weighted by atomic mass is 16.5. The van der Waals surface area contributed by atoms with Gasteiger partial charge < -0.3 is 10.5 Å². The minimum absolute atomic E-state index is 0.160. The summed E-state index contributed by atoms with van der Waals surface area (Å²) in [6.45, 7) is 2.16. The fourth-order valence-corrected chi connectivity index (χ4v) is 1.35. The number of carbonyl (C=O) groups excluding carboxylic acids is 1. The number of hydrogen-bond acceptors (Lipinski definition) is 3.